The van der Waals surface area contributed by atoms with E-state index in [1.165, 1.54) is 45.3 Å². The largest absolute Gasteiger partial charge is 0.378 e. The zero-order valence-corrected chi connectivity index (χ0v) is 37.5. The van der Waals surface area contributed by atoms with Crippen LogP contribution in [0.3, 0.4) is 0 Å². The molecule has 0 spiro atoms. The normalized spacial score (nSPS) is 20.7. The number of nitrogens with zero attached hydrogens (tertiary/aromatic N) is 4. The van der Waals surface area contributed by atoms with Gasteiger partial charge in [0.1, 0.15) is 0 Å². The standard InChI is InChI=1S/C51H44N4O8S2/c1-52(2)37-22-18-34(19-23-37)41-28-45(57)51(59)47-43(31-55(49(41)47)65(62,63)39-16-9-6-10-17-39)36-15-11-12-32(26-36)29-53(3)38-24-20-35(21-25-38)40-27-44(56)50(58)46-42(33-13-7-5-8-14-33)30-54(48(40)46)64(4,60)61/h5-28,30-31,46-49H,29H2,1-4H3. The van der Waals surface area contributed by atoms with Gasteiger partial charge < -0.3 is 9.80 Å². The average Bonchev–Trinajstić information content (AvgIpc) is 3.92. The summed E-state index contributed by atoms with van der Waals surface area (Å²) in [5, 5.41) is 0. The van der Waals surface area contributed by atoms with Crippen molar-refractivity contribution in [1.29, 1.82) is 0 Å². The maximum atomic E-state index is 14.5. The fourth-order valence-corrected chi connectivity index (χ4v) is 11.8. The van der Waals surface area contributed by atoms with E-state index in [-0.39, 0.29) is 4.90 Å². The molecule has 0 bridgehead atoms. The Morgan fingerprint density at radius 3 is 1.51 bits per heavy atom. The molecule has 4 unspecified atom stereocenters. The van der Waals surface area contributed by atoms with Crippen molar-refractivity contribution < 1.29 is 36.0 Å². The van der Waals surface area contributed by atoms with Crippen LogP contribution < -0.4 is 9.80 Å². The van der Waals surface area contributed by atoms with Crippen molar-refractivity contribution >= 4 is 76.8 Å². The molecule has 328 valence electrons. The number of fused-ring (bicyclic) bond motifs is 2. The SMILES string of the molecule is CN(C)c1ccc(C2=CC(=O)C(=O)C3C(c4cccc(CN(C)c5ccc(C6=CC(=O)C(=O)C7C(c8ccccc8)=CN(S(C)(=O)=O)C67)cc5)c4)=CN(S(=O)(=O)c4ccccc4)C23)cc1. The summed E-state index contributed by atoms with van der Waals surface area (Å²) in [5.41, 5.74) is 6.69. The Kier molecular flexibility index (Phi) is 10.9. The molecule has 0 amide bonds. The number of sulfonamides is 2. The van der Waals surface area contributed by atoms with E-state index in [9.17, 15) is 36.0 Å². The van der Waals surface area contributed by atoms with Crippen LogP contribution in [0.25, 0.3) is 22.3 Å². The molecule has 14 heteroatoms. The fourth-order valence-electron chi connectivity index (χ4n) is 9.29. The fraction of sp³-hybridized carbons (Fsp3) is 0.176. The molecular formula is C51H44N4O8S2. The number of Topliss-reactive ketones (excluding diaryl/α,β-unsaturated/α-hetero) is 2. The van der Waals surface area contributed by atoms with Gasteiger partial charge in [-0.05, 0) is 105 Å². The first-order valence-electron chi connectivity index (χ1n) is 20.9. The zero-order chi connectivity index (χ0) is 45.9. The third-order valence-electron chi connectivity index (χ3n) is 12.5. The van der Waals surface area contributed by atoms with Crippen molar-refractivity contribution in [2.24, 2.45) is 11.8 Å². The Bertz CT molecular complexity index is 3140. The van der Waals surface area contributed by atoms with E-state index >= 15 is 0 Å². The summed E-state index contributed by atoms with van der Waals surface area (Å²) in [5.74, 6) is -4.89. The smallest absolute Gasteiger partial charge is 0.264 e. The van der Waals surface area contributed by atoms with Crippen molar-refractivity contribution in [2.75, 3.05) is 37.2 Å². The topological polar surface area (TPSA) is 150 Å². The van der Waals surface area contributed by atoms with E-state index < -0.39 is 67.1 Å². The van der Waals surface area contributed by atoms with Gasteiger partial charge in [-0.15, -0.1) is 0 Å². The molecule has 0 saturated heterocycles. The minimum atomic E-state index is -4.21. The minimum Gasteiger partial charge on any atom is -0.378 e. The first-order valence-corrected chi connectivity index (χ1v) is 24.2. The molecule has 0 N–H and O–H groups in total. The lowest BCUT2D eigenvalue weighted by Gasteiger charge is -2.33. The zero-order valence-electron chi connectivity index (χ0n) is 35.9. The average molecular weight is 905 g/mol. The van der Waals surface area contributed by atoms with Gasteiger partial charge in [-0.2, -0.15) is 0 Å². The van der Waals surface area contributed by atoms with E-state index in [1.54, 1.807) is 60.7 Å². The second kappa shape index (κ2) is 16.4. The third-order valence-corrected chi connectivity index (χ3v) is 15.3. The number of allylic oxidation sites excluding steroid dienone is 2. The molecule has 0 aromatic heterocycles. The highest BCUT2D eigenvalue weighted by atomic mass is 32.2. The number of rotatable bonds is 11. The minimum absolute atomic E-state index is 0.0496. The first-order chi connectivity index (χ1) is 31.0. The number of carbonyl (C=O) groups excluding carboxylic acids is 4. The number of ketones is 4. The molecule has 0 saturated carbocycles. The molecule has 4 atom stereocenters. The van der Waals surface area contributed by atoms with Gasteiger partial charge in [0.25, 0.3) is 10.0 Å². The predicted octanol–water partition coefficient (Wildman–Crippen LogP) is 6.49. The molecule has 65 heavy (non-hydrogen) atoms. The maximum absolute atomic E-state index is 14.5. The first kappa shape index (κ1) is 43.1. The monoisotopic (exact) mass is 904 g/mol. The molecule has 4 aliphatic rings. The van der Waals surface area contributed by atoms with E-state index in [0.717, 1.165) is 23.2 Å². The molecule has 5 aromatic carbocycles. The van der Waals surface area contributed by atoms with Gasteiger partial charge in [-0.1, -0.05) is 91.0 Å². The highest BCUT2D eigenvalue weighted by molar-refractivity contribution is 7.89. The van der Waals surface area contributed by atoms with Gasteiger partial charge in [0.05, 0.1) is 35.1 Å². The lowest BCUT2D eigenvalue weighted by atomic mass is 9.76. The highest BCUT2D eigenvalue weighted by Gasteiger charge is 2.52. The van der Waals surface area contributed by atoms with Crippen LogP contribution >= 0.6 is 0 Å². The predicted molar refractivity (Wildman–Crippen MR) is 251 cm³/mol. The lowest BCUT2D eigenvalue weighted by Crippen LogP contribution is -2.44. The Hall–Kier alpha value is -7.16. The summed E-state index contributed by atoms with van der Waals surface area (Å²) in [6.45, 7) is 0.378. The van der Waals surface area contributed by atoms with Gasteiger partial charge >= 0.3 is 0 Å². The molecule has 2 aliphatic heterocycles. The lowest BCUT2D eigenvalue weighted by molar-refractivity contribution is -0.135. The molecule has 2 aliphatic carbocycles. The summed E-state index contributed by atoms with van der Waals surface area (Å²) in [6.07, 6.45) is 6.55. The van der Waals surface area contributed by atoms with Gasteiger partial charge in [-0.3, -0.25) is 27.8 Å². The molecular weight excluding hydrogens is 861 g/mol. The van der Waals surface area contributed by atoms with Crippen LogP contribution in [-0.2, 0) is 45.8 Å². The van der Waals surface area contributed by atoms with Crippen molar-refractivity contribution in [2.45, 2.75) is 23.5 Å². The van der Waals surface area contributed by atoms with Crippen LogP contribution in [0.1, 0.15) is 27.8 Å². The number of hydrogen-bond donors (Lipinski definition) is 0. The molecule has 0 radical (unpaired) electrons. The second-order valence-electron chi connectivity index (χ2n) is 16.8. The van der Waals surface area contributed by atoms with Gasteiger partial charge in [0, 0.05) is 51.5 Å². The Morgan fingerprint density at radius 1 is 0.508 bits per heavy atom. The number of benzene rings is 5. The van der Waals surface area contributed by atoms with Crippen molar-refractivity contribution in [1.82, 2.24) is 8.61 Å². The Labute approximate surface area is 378 Å². The summed E-state index contributed by atoms with van der Waals surface area (Å²) in [7, 11) is -2.36. The molecule has 0 fully saturated rings. The van der Waals surface area contributed by atoms with Crippen LogP contribution in [0.2, 0.25) is 0 Å². The summed E-state index contributed by atoms with van der Waals surface area (Å²) in [4.78, 5) is 58.1. The van der Waals surface area contributed by atoms with Crippen LogP contribution in [-0.4, -0.2) is 88.1 Å². The van der Waals surface area contributed by atoms with Gasteiger partial charge in [0.15, 0.2) is 0 Å². The van der Waals surface area contributed by atoms with Crippen LogP contribution in [0, 0.1) is 11.8 Å². The van der Waals surface area contributed by atoms with E-state index in [2.05, 4.69) is 0 Å². The summed E-state index contributed by atoms with van der Waals surface area (Å²) in [6, 6.07) is 37.2. The molecule has 5 aromatic rings. The van der Waals surface area contributed by atoms with Crippen molar-refractivity contribution in [3.8, 4) is 0 Å². The van der Waals surface area contributed by atoms with Gasteiger partial charge in [-0.25, -0.2) is 16.8 Å². The van der Waals surface area contributed by atoms with E-state index in [1.807, 2.05) is 91.6 Å². The highest BCUT2D eigenvalue weighted by Crippen LogP contribution is 2.48. The van der Waals surface area contributed by atoms with E-state index in [4.69, 9.17) is 0 Å². The number of carbonyl (C=O) groups is 4. The summed E-state index contributed by atoms with van der Waals surface area (Å²) < 4.78 is 57.7. The van der Waals surface area contributed by atoms with E-state index in [0.29, 0.717) is 51.1 Å². The maximum Gasteiger partial charge on any atom is 0.264 e. The van der Waals surface area contributed by atoms with Crippen molar-refractivity contribution in [3.63, 3.8) is 0 Å². The molecule has 2 heterocycles. The third kappa shape index (κ3) is 7.72. The Balaban J connectivity index is 1.02. The van der Waals surface area contributed by atoms with Crippen LogP contribution in [0.4, 0.5) is 11.4 Å². The molecule has 9 rings (SSSR count). The quantitative estimate of drug-likeness (QED) is 0.135. The van der Waals surface area contributed by atoms with Crippen molar-refractivity contribution in [3.05, 3.63) is 186 Å². The number of anilines is 2. The van der Waals surface area contributed by atoms with Crippen LogP contribution in [0.15, 0.2) is 163 Å². The summed E-state index contributed by atoms with van der Waals surface area (Å²) >= 11 is 0. The molecule has 12 nitrogen and oxygen atoms in total. The Morgan fingerprint density at radius 2 is 0.969 bits per heavy atom. The number of hydrogen-bond acceptors (Lipinski definition) is 10. The van der Waals surface area contributed by atoms with Crippen LogP contribution in [0.5, 0.6) is 0 Å². The second-order valence-corrected chi connectivity index (χ2v) is 20.6. The van der Waals surface area contributed by atoms with Gasteiger partial charge in [0.2, 0.25) is 33.2 Å².